The van der Waals surface area contributed by atoms with E-state index in [0.29, 0.717) is 12.8 Å². The van der Waals surface area contributed by atoms with Crippen LogP contribution in [0.25, 0.3) is 6.08 Å². The molecule has 0 spiro atoms. The molecular weight excluding hydrogens is 346 g/mol. The van der Waals surface area contributed by atoms with Crippen LogP contribution < -0.4 is 5.32 Å². The summed E-state index contributed by atoms with van der Waals surface area (Å²) in [6, 6.07) is 7.72. The van der Waals surface area contributed by atoms with E-state index in [0.717, 1.165) is 10.0 Å². The lowest BCUT2D eigenvalue weighted by atomic mass is 10.1. The lowest BCUT2D eigenvalue weighted by Crippen LogP contribution is -2.38. The second-order valence-corrected chi connectivity index (χ2v) is 6.94. The Balaban J connectivity index is 2.67. The van der Waals surface area contributed by atoms with Gasteiger partial charge in [-0.05, 0) is 51.3 Å². The highest BCUT2D eigenvalue weighted by molar-refractivity contribution is 9.10. The minimum absolute atomic E-state index is 0.0959. The van der Waals surface area contributed by atoms with Gasteiger partial charge in [0.2, 0.25) is 0 Å². The van der Waals surface area contributed by atoms with Crippen LogP contribution in [0.4, 0.5) is 4.79 Å². The van der Waals surface area contributed by atoms with E-state index in [2.05, 4.69) is 21.2 Å². The Bertz CT molecular complexity index is 492. The van der Waals surface area contributed by atoms with Gasteiger partial charge in [0.15, 0.2) is 0 Å². The highest BCUT2D eigenvalue weighted by atomic mass is 79.9. The van der Waals surface area contributed by atoms with Crippen molar-refractivity contribution < 1.29 is 14.6 Å². The molecule has 0 saturated carbocycles. The normalized spacial score (nSPS) is 13.1. The standard InChI is InChI=1S/C17H24BrNO3/c1-17(2,3)22-16(21)19-15(5-4-12-20)11-8-13-6-9-14(18)10-7-13/h6-11,15,20H,4-5,12H2,1-3H3,(H,19,21)/b11-8+. The summed E-state index contributed by atoms with van der Waals surface area (Å²) in [7, 11) is 0. The van der Waals surface area contributed by atoms with E-state index >= 15 is 0 Å². The van der Waals surface area contributed by atoms with Gasteiger partial charge in [0.1, 0.15) is 5.60 Å². The number of aliphatic hydroxyl groups excluding tert-OH is 1. The van der Waals surface area contributed by atoms with Gasteiger partial charge in [-0.1, -0.05) is 40.2 Å². The Morgan fingerprint density at radius 2 is 2.00 bits per heavy atom. The average Bonchev–Trinajstić information content (AvgIpc) is 2.41. The van der Waals surface area contributed by atoms with Gasteiger partial charge in [0.25, 0.3) is 0 Å². The first-order valence-corrected chi connectivity index (χ1v) is 8.13. The van der Waals surface area contributed by atoms with Crippen molar-refractivity contribution >= 4 is 28.1 Å². The van der Waals surface area contributed by atoms with Gasteiger partial charge in [0, 0.05) is 11.1 Å². The SMILES string of the molecule is CC(C)(C)OC(=O)NC(/C=C/c1ccc(Br)cc1)CCCO. The van der Waals surface area contributed by atoms with Crippen molar-refractivity contribution in [3.63, 3.8) is 0 Å². The molecular formula is C17H24BrNO3. The Morgan fingerprint density at radius 1 is 1.36 bits per heavy atom. The molecule has 2 N–H and O–H groups in total. The second kappa shape index (κ2) is 8.96. The van der Waals surface area contributed by atoms with Gasteiger partial charge in [-0.25, -0.2) is 4.79 Å². The van der Waals surface area contributed by atoms with Crippen molar-refractivity contribution in [1.82, 2.24) is 5.32 Å². The Hall–Kier alpha value is -1.33. The van der Waals surface area contributed by atoms with Crippen LogP contribution in [-0.2, 0) is 4.74 Å². The van der Waals surface area contributed by atoms with Gasteiger partial charge in [0.05, 0.1) is 6.04 Å². The number of alkyl carbamates (subject to hydrolysis) is 1. The molecule has 0 bridgehead atoms. The molecule has 0 fully saturated rings. The third-order valence-corrected chi connectivity index (χ3v) is 3.30. The van der Waals surface area contributed by atoms with E-state index in [4.69, 9.17) is 9.84 Å². The van der Waals surface area contributed by atoms with Crippen molar-refractivity contribution in [2.45, 2.75) is 45.3 Å². The fourth-order valence-corrected chi connectivity index (χ4v) is 2.05. The van der Waals surface area contributed by atoms with Gasteiger partial charge < -0.3 is 15.2 Å². The average molecular weight is 370 g/mol. The number of amides is 1. The maximum Gasteiger partial charge on any atom is 0.408 e. The molecule has 1 unspecified atom stereocenters. The molecule has 0 aliphatic rings. The molecule has 4 nitrogen and oxygen atoms in total. The number of nitrogens with one attached hydrogen (secondary N) is 1. The fourth-order valence-electron chi connectivity index (χ4n) is 1.79. The number of rotatable bonds is 6. The molecule has 1 aromatic carbocycles. The molecule has 1 atom stereocenters. The van der Waals surface area contributed by atoms with E-state index in [-0.39, 0.29) is 12.6 Å². The highest BCUT2D eigenvalue weighted by Crippen LogP contribution is 2.13. The molecule has 122 valence electrons. The molecule has 22 heavy (non-hydrogen) atoms. The van der Waals surface area contributed by atoms with E-state index < -0.39 is 11.7 Å². The van der Waals surface area contributed by atoms with Crippen LogP contribution >= 0.6 is 15.9 Å². The minimum atomic E-state index is -0.527. The number of ether oxygens (including phenoxy) is 1. The van der Waals surface area contributed by atoms with Crippen molar-refractivity contribution in [2.24, 2.45) is 0 Å². The summed E-state index contributed by atoms with van der Waals surface area (Å²) in [5, 5.41) is 11.8. The highest BCUT2D eigenvalue weighted by Gasteiger charge is 2.18. The number of aliphatic hydroxyl groups is 1. The third kappa shape index (κ3) is 8.20. The zero-order valence-corrected chi connectivity index (χ0v) is 14.9. The summed E-state index contributed by atoms with van der Waals surface area (Å²) in [6.45, 7) is 5.57. The molecule has 0 heterocycles. The van der Waals surface area contributed by atoms with Crippen molar-refractivity contribution in [1.29, 1.82) is 0 Å². The molecule has 0 aromatic heterocycles. The summed E-state index contributed by atoms with van der Waals surface area (Å²) in [5.74, 6) is 0. The monoisotopic (exact) mass is 369 g/mol. The Kier molecular flexibility index (Phi) is 7.62. The molecule has 1 amide bonds. The largest absolute Gasteiger partial charge is 0.444 e. The first-order valence-electron chi connectivity index (χ1n) is 7.34. The quantitative estimate of drug-likeness (QED) is 0.792. The number of carbonyl (C=O) groups is 1. The summed E-state index contributed by atoms with van der Waals surface area (Å²) in [5.41, 5.74) is 0.518. The summed E-state index contributed by atoms with van der Waals surface area (Å²) >= 11 is 3.39. The van der Waals surface area contributed by atoms with Gasteiger partial charge >= 0.3 is 6.09 Å². The molecule has 0 radical (unpaired) electrons. The van der Waals surface area contributed by atoms with Crippen molar-refractivity contribution in [3.8, 4) is 0 Å². The first kappa shape index (κ1) is 18.7. The van der Waals surface area contributed by atoms with Crippen LogP contribution in [0.15, 0.2) is 34.8 Å². The smallest absolute Gasteiger partial charge is 0.408 e. The van der Waals surface area contributed by atoms with Crippen LogP contribution in [0.1, 0.15) is 39.2 Å². The molecule has 1 aromatic rings. The third-order valence-electron chi connectivity index (χ3n) is 2.77. The Labute approximate surface area is 140 Å². The second-order valence-electron chi connectivity index (χ2n) is 6.03. The number of halogens is 1. The minimum Gasteiger partial charge on any atom is -0.444 e. The lowest BCUT2D eigenvalue weighted by molar-refractivity contribution is 0.0511. The maximum absolute atomic E-state index is 11.9. The van der Waals surface area contributed by atoms with Crippen LogP contribution in [0, 0.1) is 0 Å². The maximum atomic E-state index is 11.9. The molecule has 1 rings (SSSR count). The number of benzene rings is 1. The fraction of sp³-hybridized carbons (Fsp3) is 0.471. The van der Waals surface area contributed by atoms with Gasteiger partial charge in [-0.3, -0.25) is 0 Å². The predicted octanol–water partition coefficient (Wildman–Crippen LogP) is 4.13. The van der Waals surface area contributed by atoms with E-state index in [1.165, 1.54) is 0 Å². The molecule has 5 heteroatoms. The van der Waals surface area contributed by atoms with E-state index in [1.54, 1.807) is 0 Å². The molecule has 0 aliphatic heterocycles. The van der Waals surface area contributed by atoms with Crippen LogP contribution in [0.3, 0.4) is 0 Å². The predicted molar refractivity (Wildman–Crippen MR) is 92.7 cm³/mol. The zero-order chi connectivity index (χ0) is 16.6. The lowest BCUT2D eigenvalue weighted by Gasteiger charge is -2.22. The summed E-state index contributed by atoms with van der Waals surface area (Å²) in [4.78, 5) is 11.9. The van der Waals surface area contributed by atoms with E-state index in [9.17, 15) is 4.79 Å². The summed E-state index contributed by atoms with van der Waals surface area (Å²) < 4.78 is 6.28. The number of hydrogen-bond acceptors (Lipinski definition) is 3. The van der Waals surface area contributed by atoms with Crippen molar-refractivity contribution in [2.75, 3.05) is 6.61 Å². The first-order chi connectivity index (χ1) is 10.3. The van der Waals surface area contributed by atoms with Crippen LogP contribution in [0.5, 0.6) is 0 Å². The number of carbonyl (C=O) groups excluding carboxylic acids is 1. The van der Waals surface area contributed by atoms with Gasteiger partial charge in [-0.2, -0.15) is 0 Å². The van der Waals surface area contributed by atoms with E-state index in [1.807, 2.05) is 57.2 Å². The molecule has 0 saturated heterocycles. The number of hydrogen-bond donors (Lipinski definition) is 2. The van der Waals surface area contributed by atoms with Crippen LogP contribution in [-0.4, -0.2) is 29.4 Å². The van der Waals surface area contributed by atoms with Crippen LogP contribution in [0.2, 0.25) is 0 Å². The molecule has 0 aliphatic carbocycles. The zero-order valence-electron chi connectivity index (χ0n) is 13.3. The van der Waals surface area contributed by atoms with Gasteiger partial charge in [-0.15, -0.1) is 0 Å². The summed E-state index contributed by atoms with van der Waals surface area (Å²) in [6.07, 6.45) is 4.69. The van der Waals surface area contributed by atoms with Crippen molar-refractivity contribution in [3.05, 3.63) is 40.4 Å². The topological polar surface area (TPSA) is 58.6 Å². The Morgan fingerprint density at radius 3 is 2.55 bits per heavy atom.